The van der Waals surface area contributed by atoms with Gasteiger partial charge in [0.05, 0.1) is 5.92 Å². The molecule has 2 aromatic rings. The first-order valence-corrected chi connectivity index (χ1v) is 9.96. The predicted octanol–water partition coefficient (Wildman–Crippen LogP) is 2.26. The number of amides is 3. The molecule has 1 fully saturated rings. The number of carbonyl (C=O) groups is 3. The molecule has 2 unspecified atom stereocenters. The van der Waals surface area contributed by atoms with Crippen molar-refractivity contribution in [2.45, 2.75) is 26.7 Å². The molecule has 30 heavy (non-hydrogen) atoms. The fourth-order valence-corrected chi connectivity index (χ4v) is 3.60. The van der Waals surface area contributed by atoms with Crippen molar-refractivity contribution in [3.8, 4) is 0 Å². The molecule has 3 N–H and O–H groups in total. The number of rotatable bonds is 7. The monoisotopic (exact) mass is 411 g/mol. The first kappa shape index (κ1) is 21.5. The second-order valence-corrected chi connectivity index (χ2v) is 7.77. The maximum Gasteiger partial charge on any atom is 0.239 e. The number of nitrogens with zero attached hydrogens (tertiary/aromatic N) is 1. The quantitative estimate of drug-likeness (QED) is 0.685. The number of halogens is 1. The van der Waals surface area contributed by atoms with Crippen molar-refractivity contribution in [1.82, 2.24) is 5.32 Å². The summed E-state index contributed by atoms with van der Waals surface area (Å²) in [6, 6.07) is 11.6. The zero-order chi connectivity index (χ0) is 21.8. The van der Waals surface area contributed by atoms with E-state index in [4.69, 9.17) is 5.73 Å². The van der Waals surface area contributed by atoms with Crippen molar-refractivity contribution in [3.05, 3.63) is 65.0 Å². The van der Waals surface area contributed by atoms with Crippen LogP contribution in [0.15, 0.2) is 42.5 Å². The maximum absolute atomic E-state index is 13.1. The van der Waals surface area contributed by atoms with E-state index in [0.717, 1.165) is 22.4 Å². The molecule has 158 valence electrons. The number of benzene rings is 2. The van der Waals surface area contributed by atoms with E-state index in [1.54, 1.807) is 17.0 Å². The molecule has 7 heteroatoms. The van der Waals surface area contributed by atoms with Gasteiger partial charge >= 0.3 is 0 Å². The Labute approximate surface area is 175 Å². The highest BCUT2D eigenvalue weighted by Crippen LogP contribution is 2.27. The second kappa shape index (κ2) is 9.07. The normalized spacial score (nSPS) is 17.1. The lowest BCUT2D eigenvalue weighted by Crippen LogP contribution is -2.42. The minimum atomic E-state index is -0.786. The highest BCUT2D eigenvalue weighted by Gasteiger charge is 2.37. The minimum Gasteiger partial charge on any atom is -0.369 e. The molecule has 0 bridgehead atoms. The fraction of sp³-hybridized carbons (Fsp3) is 0.348. The van der Waals surface area contributed by atoms with Gasteiger partial charge in [-0.15, -0.1) is 0 Å². The van der Waals surface area contributed by atoms with Crippen LogP contribution in [0.1, 0.15) is 23.1 Å². The second-order valence-electron chi connectivity index (χ2n) is 7.77. The van der Waals surface area contributed by atoms with Gasteiger partial charge in [0.2, 0.25) is 17.7 Å². The van der Waals surface area contributed by atoms with E-state index in [-0.39, 0.29) is 24.7 Å². The van der Waals surface area contributed by atoms with E-state index >= 15 is 0 Å². The van der Waals surface area contributed by atoms with E-state index in [0.29, 0.717) is 13.0 Å². The van der Waals surface area contributed by atoms with Crippen molar-refractivity contribution in [2.75, 3.05) is 18.0 Å². The highest BCUT2D eigenvalue weighted by atomic mass is 19.1. The molecule has 0 saturated carbocycles. The predicted molar refractivity (Wildman–Crippen MR) is 112 cm³/mol. The SMILES string of the molecule is Cc1ccc(N2CCC(C(=O)NCC(Cc3ccc(F)cc3)C(N)=O)C2=O)cc1C. The Morgan fingerprint density at radius 1 is 1.17 bits per heavy atom. The zero-order valence-electron chi connectivity index (χ0n) is 17.2. The van der Waals surface area contributed by atoms with Gasteiger partial charge < -0.3 is 16.0 Å². The lowest BCUT2D eigenvalue weighted by atomic mass is 9.98. The van der Waals surface area contributed by atoms with E-state index in [2.05, 4.69) is 5.32 Å². The van der Waals surface area contributed by atoms with Gasteiger partial charge in [-0.1, -0.05) is 18.2 Å². The summed E-state index contributed by atoms with van der Waals surface area (Å²) in [5, 5.41) is 2.70. The van der Waals surface area contributed by atoms with Gasteiger partial charge in [0.25, 0.3) is 0 Å². The third-order valence-electron chi connectivity index (χ3n) is 5.64. The molecule has 3 amide bonds. The van der Waals surface area contributed by atoms with Crippen LogP contribution < -0.4 is 16.0 Å². The van der Waals surface area contributed by atoms with Crippen molar-refractivity contribution < 1.29 is 18.8 Å². The number of carbonyl (C=O) groups excluding carboxylic acids is 3. The number of anilines is 1. The molecule has 1 heterocycles. The summed E-state index contributed by atoms with van der Waals surface area (Å²) in [4.78, 5) is 38.8. The average Bonchev–Trinajstić information content (AvgIpc) is 3.09. The molecule has 1 saturated heterocycles. The minimum absolute atomic E-state index is 0.0267. The van der Waals surface area contributed by atoms with Crippen LogP contribution in [0.2, 0.25) is 0 Å². The molecule has 0 aromatic heterocycles. The van der Waals surface area contributed by atoms with Crippen LogP contribution in [0.3, 0.4) is 0 Å². The zero-order valence-corrected chi connectivity index (χ0v) is 17.2. The number of aryl methyl sites for hydroxylation is 2. The lowest BCUT2D eigenvalue weighted by Gasteiger charge is -2.19. The molecule has 2 aromatic carbocycles. The summed E-state index contributed by atoms with van der Waals surface area (Å²) >= 11 is 0. The van der Waals surface area contributed by atoms with E-state index in [9.17, 15) is 18.8 Å². The van der Waals surface area contributed by atoms with E-state index < -0.39 is 23.7 Å². The molecule has 0 aliphatic carbocycles. The van der Waals surface area contributed by atoms with Gasteiger partial charge in [-0.3, -0.25) is 14.4 Å². The lowest BCUT2D eigenvalue weighted by molar-refractivity contribution is -0.132. The van der Waals surface area contributed by atoms with Gasteiger partial charge in [0.15, 0.2) is 0 Å². The topological polar surface area (TPSA) is 92.5 Å². The van der Waals surface area contributed by atoms with Crippen LogP contribution in [0, 0.1) is 31.5 Å². The summed E-state index contributed by atoms with van der Waals surface area (Å²) in [5.74, 6) is -3.01. The van der Waals surface area contributed by atoms with Gasteiger partial charge in [0.1, 0.15) is 11.7 Å². The van der Waals surface area contributed by atoms with Crippen LogP contribution >= 0.6 is 0 Å². The van der Waals surface area contributed by atoms with Crippen molar-refractivity contribution in [1.29, 1.82) is 0 Å². The number of hydrogen-bond donors (Lipinski definition) is 2. The van der Waals surface area contributed by atoms with E-state index in [1.165, 1.54) is 12.1 Å². The third kappa shape index (κ3) is 4.84. The number of nitrogens with one attached hydrogen (secondary N) is 1. The van der Waals surface area contributed by atoms with Crippen LogP contribution in [-0.4, -0.2) is 30.8 Å². The standard InChI is InChI=1S/C23H26FN3O3/c1-14-3-8-19(11-15(14)2)27-10-9-20(23(27)30)22(29)26-13-17(21(25)28)12-16-4-6-18(24)7-5-16/h3-8,11,17,20H,9-10,12-13H2,1-2H3,(H2,25,28)(H,26,29). The first-order chi connectivity index (χ1) is 14.3. The molecular weight excluding hydrogens is 385 g/mol. The number of hydrogen-bond acceptors (Lipinski definition) is 3. The van der Waals surface area contributed by atoms with Crippen molar-refractivity contribution in [3.63, 3.8) is 0 Å². The molecule has 6 nitrogen and oxygen atoms in total. The van der Waals surface area contributed by atoms with Crippen LogP contribution in [0.25, 0.3) is 0 Å². The van der Waals surface area contributed by atoms with Gasteiger partial charge in [-0.2, -0.15) is 0 Å². The summed E-state index contributed by atoms with van der Waals surface area (Å²) < 4.78 is 13.1. The Bertz CT molecular complexity index is 959. The van der Waals surface area contributed by atoms with Crippen molar-refractivity contribution in [2.24, 2.45) is 17.6 Å². The molecule has 0 radical (unpaired) electrons. The van der Waals surface area contributed by atoms with E-state index in [1.807, 2.05) is 32.0 Å². The highest BCUT2D eigenvalue weighted by molar-refractivity contribution is 6.09. The summed E-state index contributed by atoms with van der Waals surface area (Å²) in [5.41, 5.74) is 9.21. The van der Waals surface area contributed by atoms with Crippen LogP contribution in [0.5, 0.6) is 0 Å². The van der Waals surface area contributed by atoms with Gasteiger partial charge in [-0.25, -0.2) is 4.39 Å². The Morgan fingerprint density at radius 3 is 2.50 bits per heavy atom. The Balaban J connectivity index is 1.60. The largest absolute Gasteiger partial charge is 0.369 e. The van der Waals surface area contributed by atoms with Crippen LogP contribution in [-0.2, 0) is 20.8 Å². The Kier molecular flexibility index (Phi) is 6.50. The molecule has 1 aliphatic heterocycles. The number of nitrogens with two attached hydrogens (primary N) is 1. The van der Waals surface area contributed by atoms with Crippen LogP contribution in [0.4, 0.5) is 10.1 Å². The van der Waals surface area contributed by atoms with Crippen molar-refractivity contribution >= 4 is 23.4 Å². The molecule has 2 atom stereocenters. The maximum atomic E-state index is 13.1. The summed E-state index contributed by atoms with van der Waals surface area (Å²) in [7, 11) is 0. The molecular formula is C23H26FN3O3. The van der Waals surface area contributed by atoms with Gasteiger partial charge in [-0.05, 0) is 67.6 Å². The Morgan fingerprint density at radius 2 is 1.87 bits per heavy atom. The average molecular weight is 411 g/mol. The third-order valence-corrected chi connectivity index (χ3v) is 5.64. The Hall–Kier alpha value is -3.22. The molecule has 1 aliphatic rings. The summed E-state index contributed by atoms with van der Waals surface area (Å²) in [6.07, 6.45) is 0.695. The summed E-state index contributed by atoms with van der Waals surface area (Å²) in [6.45, 7) is 4.48. The molecule has 3 rings (SSSR count). The molecule has 0 spiro atoms. The smallest absolute Gasteiger partial charge is 0.239 e. The number of primary amides is 1. The first-order valence-electron chi connectivity index (χ1n) is 9.96. The van der Waals surface area contributed by atoms with Gasteiger partial charge in [0, 0.05) is 18.8 Å². The fourth-order valence-electron chi connectivity index (χ4n) is 3.60.